The number of rotatable bonds is 3. The first-order valence-electron chi connectivity index (χ1n) is 5.53. The van der Waals surface area contributed by atoms with E-state index in [9.17, 15) is 13.6 Å². The molecule has 0 atom stereocenters. The fourth-order valence-electron chi connectivity index (χ4n) is 1.50. The van der Waals surface area contributed by atoms with Gasteiger partial charge in [0.25, 0.3) is 0 Å². The van der Waals surface area contributed by atoms with E-state index < -0.39 is 17.6 Å². The lowest BCUT2D eigenvalue weighted by Crippen LogP contribution is -2.07. The normalized spacial score (nSPS) is 10.2. The fourth-order valence-corrected chi connectivity index (χ4v) is 1.50. The number of carbonyl (C=O) groups excluding carboxylic acids is 1. The van der Waals surface area contributed by atoms with E-state index in [1.54, 1.807) is 6.07 Å². The quantitative estimate of drug-likeness (QED) is 0.684. The molecular formula is C14H11F2NO2. The Morgan fingerprint density at radius 2 is 1.84 bits per heavy atom. The molecule has 0 aromatic heterocycles. The molecular weight excluding hydrogens is 252 g/mol. The maximum absolute atomic E-state index is 13.3. The second-order valence-corrected chi connectivity index (χ2v) is 3.90. The Kier molecular flexibility index (Phi) is 3.75. The van der Waals surface area contributed by atoms with Gasteiger partial charge in [0.1, 0.15) is 18.2 Å². The average Bonchev–Trinajstić information content (AvgIpc) is 2.40. The first kappa shape index (κ1) is 13.0. The molecule has 0 fully saturated rings. The van der Waals surface area contributed by atoms with E-state index in [1.807, 2.05) is 0 Å². The predicted molar refractivity (Wildman–Crippen MR) is 66.3 cm³/mol. The Balaban J connectivity index is 2.05. The van der Waals surface area contributed by atoms with E-state index in [-0.39, 0.29) is 23.4 Å². The highest BCUT2D eigenvalue weighted by atomic mass is 19.1. The number of nitrogen functional groups attached to an aromatic ring is 1. The van der Waals surface area contributed by atoms with Gasteiger partial charge in [0.05, 0.1) is 11.3 Å². The zero-order chi connectivity index (χ0) is 13.8. The number of nitrogens with two attached hydrogens (primary N) is 1. The van der Waals surface area contributed by atoms with Gasteiger partial charge in [-0.1, -0.05) is 18.2 Å². The smallest absolute Gasteiger partial charge is 0.338 e. The molecule has 2 aromatic rings. The van der Waals surface area contributed by atoms with Crippen LogP contribution in [0.25, 0.3) is 0 Å². The van der Waals surface area contributed by atoms with Crippen LogP contribution in [0, 0.1) is 11.6 Å². The Labute approximate surface area is 108 Å². The summed E-state index contributed by atoms with van der Waals surface area (Å²) in [6, 6.07) is 9.56. The molecule has 0 spiro atoms. The van der Waals surface area contributed by atoms with Gasteiger partial charge in [-0.05, 0) is 24.3 Å². The molecule has 0 amide bonds. The van der Waals surface area contributed by atoms with Crippen molar-refractivity contribution in [1.29, 1.82) is 0 Å². The second kappa shape index (κ2) is 5.48. The molecule has 98 valence electrons. The van der Waals surface area contributed by atoms with E-state index in [4.69, 9.17) is 10.5 Å². The lowest BCUT2D eigenvalue weighted by atomic mass is 10.2. The van der Waals surface area contributed by atoms with Crippen molar-refractivity contribution in [1.82, 2.24) is 0 Å². The minimum Gasteiger partial charge on any atom is -0.457 e. The molecule has 2 rings (SSSR count). The minimum atomic E-state index is -0.734. The SMILES string of the molecule is Nc1ccc(C(=O)OCc2ccccc2F)cc1F. The van der Waals surface area contributed by atoms with Crippen LogP contribution in [0.1, 0.15) is 15.9 Å². The summed E-state index contributed by atoms with van der Waals surface area (Å²) in [5.41, 5.74) is 5.53. The summed E-state index contributed by atoms with van der Waals surface area (Å²) in [4.78, 5) is 11.6. The van der Waals surface area contributed by atoms with Crippen molar-refractivity contribution in [2.45, 2.75) is 6.61 Å². The molecule has 0 aliphatic rings. The van der Waals surface area contributed by atoms with Crippen LogP contribution in [0.4, 0.5) is 14.5 Å². The van der Waals surface area contributed by atoms with Gasteiger partial charge >= 0.3 is 5.97 Å². The van der Waals surface area contributed by atoms with Gasteiger partial charge in [0.15, 0.2) is 0 Å². The standard InChI is InChI=1S/C14H11F2NO2/c15-11-4-2-1-3-10(11)8-19-14(18)9-5-6-13(17)12(16)7-9/h1-7H,8,17H2. The van der Waals surface area contributed by atoms with Gasteiger partial charge in [-0.2, -0.15) is 0 Å². The zero-order valence-electron chi connectivity index (χ0n) is 9.90. The lowest BCUT2D eigenvalue weighted by molar-refractivity contribution is 0.0468. The van der Waals surface area contributed by atoms with Crippen molar-refractivity contribution in [2.24, 2.45) is 0 Å². The summed E-state index contributed by atoms with van der Waals surface area (Å²) in [5, 5.41) is 0. The zero-order valence-corrected chi connectivity index (χ0v) is 9.90. The molecule has 0 heterocycles. The van der Waals surface area contributed by atoms with Crippen molar-refractivity contribution < 1.29 is 18.3 Å². The monoisotopic (exact) mass is 263 g/mol. The first-order chi connectivity index (χ1) is 9.08. The number of benzene rings is 2. The van der Waals surface area contributed by atoms with Crippen LogP contribution in [0.3, 0.4) is 0 Å². The van der Waals surface area contributed by atoms with Crippen LogP contribution in [0.5, 0.6) is 0 Å². The Morgan fingerprint density at radius 1 is 1.11 bits per heavy atom. The molecule has 0 aliphatic heterocycles. The molecule has 0 saturated heterocycles. The first-order valence-corrected chi connectivity index (χ1v) is 5.53. The number of halogens is 2. The van der Waals surface area contributed by atoms with Crippen LogP contribution < -0.4 is 5.73 Å². The second-order valence-electron chi connectivity index (χ2n) is 3.90. The molecule has 5 heteroatoms. The van der Waals surface area contributed by atoms with Crippen LogP contribution >= 0.6 is 0 Å². The van der Waals surface area contributed by atoms with Gasteiger partial charge in [-0.15, -0.1) is 0 Å². The molecule has 2 N–H and O–H groups in total. The third-order valence-electron chi connectivity index (χ3n) is 2.55. The maximum atomic E-state index is 13.3. The van der Waals surface area contributed by atoms with E-state index in [1.165, 1.54) is 30.3 Å². The largest absolute Gasteiger partial charge is 0.457 e. The van der Waals surface area contributed by atoms with Crippen molar-refractivity contribution in [2.75, 3.05) is 5.73 Å². The number of anilines is 1. The third-order valence-corrected chi connectivity index (χ3v) is 2.55. The molecule has 3 nitrogen and oxygen atoms in total. The summed E-state index contributed by atoms with van der Waals surface area (Å²) < 4.78 is 31.4. The van der Waals surface area contributed by atoms with Crippen molar-refractivity contribution in [3.8, 4) is 0 Å². The summed E-state index contributed by atoms with van der Waals surface area (Å²) in [7, 11) is 0. The summed E-state index contributed by atoms with van der Waals surface area (Å²) in [6.45, 7) is -0.211. The van der Waals surface area contributed by atoms with Gasteiger partial charge in [-0.3, -0.25) is 0 Å². The summed E-state index contributed by atoms with van der Waals surface area (Å²) >= 11 is 0. The van der Waals surface area contributed by atoms with Gasteiger partial charge in [0.2, 0.25) is 0 Å². The third kappa shape index (κ3) is 3.07. The highest BCUT2D eigenvalue weighted by Crippen LogP contribution is 2.14. The fraction of sp³-hybridized carbons (Fsp3) is 0.0714. The minimum absolute atomic E-state index is 0.0306. The van der Waals surface area contributed by atoms with E-state index >= 15 is 0 Å². The highest BCUT2D eigenvalue weighted by Gasteiger charge is 2.11. The molecule has 0 saturated carbocycles. The van der Waals surface area contributed by atoms with Gasteiger partial charge in [-0.25, -0.2) is 13.6 Å². The number of hydrogen-bond donors (Lipinski definition) is 1. The molecule has 0 aliphatic carbocycles. The van der Waals surface area contributed by atoms with Crippen LogP contribution in [0.15, 0.2) is 42.5 Å². The predicted octanol–water partition coefficient (Wildman–Crippen LogP) is 2.90. The van der Waals surface area contributed by atoms with Crippen LogP contribution in [-0.2, 0) is 11.3 Å². The van der Waals surface area contributed by atoms with Crippen LogP contribution in [0.2, 0.25) is 0 Å². The van der Waals surface area contributed by atoms with E-state index in [0.717, 1.165) is 6.07 Å². The van der Waals surface area contributed by atoms with Crippen molar-refractivity contribution in [3.05, 3.63) is 65.2 Å². The molecule has 0 unspecified atom stereocenters. The number of ether oxygens (including phenoxy) is 1. The summed E-state index contributed by atoms with van der Waals surface area (Å²) in [5.74, 6) is -1.89. The maximum Gasteiger partial charge on any atom is 0.338 e. The Hall–Kier alpha value is -2.43. The van der Waals surface area contributed by atoms with Gasteiger partial charge < -0.3 is 10.5 Å². The molecule has 0 bridgehead atoms. The molecule has 19 heavy (non-hydrogen) atoms. The van der Waals surface area contributed by atoms with Crippen molar-refractivity contribution >= 4 is 11.7 Å². The molecule has 0 radical (unpaired) electrons. The topological polar surface area (TPSA) is 52.3 Å². The Morgan fingerprint density at radius 3 is 2.53 bits per heavy atom. The summed E-state index contributed by atoms with van der Waals surface area (Å²) in [6.07, 6.45) is 0. The lowest BCUT2D eigenvalue weighted by Gasteiger charge is -2.06. The van der Waals surface area contributed by atoms with E-state index in [2.05, 4.69) is 0 Å². The average molecular weight is 263 g/mol. The van der Waals surface area contributed by atoms with Gasteiger partial charge in [0, 0.05) is 5.56 Å². The van der Waals surface area contributed by atoms with Crippen LogP contribution in [-0.4, -0.2) is 5.97 Å². The highest BCUT2D eigenvalue weighted by molar-refractivity contribution is 5.89. The number of esters is 1. The van der Waals surface area contributed by atoms with Crippen molar-refractivity contribution in [3.63, 3.8) is 0 Å². The number of hydrogen-bond acceptors (Lipinski definition) is 3. The Bertz CT molecular complexity index is 614. The molecule has 2 aromatic carbocycles. The van der Waals surface area contributed by atoms with E-state index in [0.29, 0.717) is 0 Å². The number of carbonyl (C=O) groups is 1.